The Kier molecular flexibility index (Phi) is 2.76. The Morgan fingerprint density at radius 2 is 2.08 bits per heavy atom. The summed E-state index contributed by atoms with van der Waals surface area (Å²) in [5.41, 5.74) is 10.8. The third-order valence-corrected chi connectivity index (χ3v) is 1.29. The highest BCUT2D eigenvalue weighted by Crippen LogP contribution is 2.01. The van der Waals surface area contributed by atoms with Crippen molar-refractivity contribution in [3.05, 3.63) is 5.82 Å². The molecule has 0 fully saturated rings. The summed E-state index contributed by atoms with van der Waals surface area (Å²) in [5, 5.41) is 2.78. The van der Waals surface area contributed by atoms with Gasteiger partial charge in [0.2, 0.25) is 11.9 Å². The standard InChI is InChI=1S/C6H12N6/c1-9-6-11-4(2-3-7)10-5(8)12-6/h2-3,7H2,1H3,(H3,8,9,10,11,12). The van der Waals surface area contributed by atoms with Crippen LogP contribution in [0.2, 0.25) is 0 Å². The fraction of sp³-hybridized carbons (Fsp3) is 0.500. The van der Waals surface area contributed by atoms with Crippen LogP contribution in [0.3, 0.4) is 0 Å². The van der Waals surface area contributed by atoms with Gasteiger partial charge in [-0.25, -0.2) is 0 Å². The van der Waals surface area contributed by atoms with Gasteiger partial charge >= 0.3 is 0 Å². The predicted octanol–water partition coefficient (Wildman–Crippen LogP) is -1.00. The van der Waals surface area contributed by atoms with E-state index in [2.05, 4.69) is 20.3 Å². The number of hydrogen-bond donors (Lipinski definition) is 3. The fourth-order valence-electron chi connectivity index (χ4n) is 0.791. The molecule has 1 aromatic rings. The van der Waals surface area contributed by atoms with Gasteiger partial charge in [0, 0.05) is 13.5 Å². The van der Waals surface area contributed by atoms with Crippen molar-refractivity contribution < 1.29 is 0 Å². The van der Waals surface area contributed by atoms with E-state index in [1.54, 1.807) is 7.05 Å². The zero-order valence-electron chi connectivity index (χ0n) is 6.91. The van der Waals surface area contributed by atoms with Crippen molar-refractivity contribution in [2.75, 3.05) is 24.6 Å². The lowest BCUT2D eigenvalue weighted by Crippen LogP contribution is -2.11. The first-order chi connectivity index (χ1) is 5.76. The van der Waals surface area contributed by atoms with Crippen LogP contribution in [0.4, 0.5) is 11.9 Å². The topological polar surface area (TPSA) is 103 Å². The lowest BCUT2D eigenvalue weighted by molar-refractivity contribution is 0.853. The summed E-state index contributed by atoms with van der Waals surface area (Å²) in [6, 6.07) is 0. The van der Waals surface area contributed by atoms with Crippen LogP contribution in [-0.4, -0.2) is 28.5 Å². The van der Waals surface area contributed by atoms with Crippen LogP contribution in [0.25, 0.3) is 0 Å². The van der Waals surface area contributed by atoms with Crippen molar-refractivity contribution >= 4 is 11.9 Å². The van der Waals surface area contributed by atoms with Crippen molar-refractivity contribution in [1.82, 2.24) is 15.0 Å². The highest BCUT2D eigenvalue weighted by atomic mass is 15.2. The summed E-state index contributed by atoms with van der Waals surface area (Å²) < 4.78 is 0. The zero-order valence-corrected chi connectivity index (χ0v) is 6.91. The van der Waals surface area contributed by atoms with Crippen LogP contribution in [-0.2, 0) is 6.42 Å². The Labute approximate surface area is 70.4 Å². The minimum atomic E-state index is 0.220. The van der Waals surface area contributed by atoms with Crippen molar-refractivity contribution in [2.24, 2.45) is 5.73 Å². The van der Waals surface area contributed by atoms with Gasteiger partial charge < -0.3 is 16.8 Å². The molecule has 0 atom stereocenters. The van der Waals surface area contributed by atoms with Gasteiger partial charge in [0.15, 0.2) is 0 Å². The molecule has 0 aliphatic rings. The van der Waals surface area contributed by atoms with Crippen molar-refractivity contribution in [3.63, 3.8) is 0 Å². The van der Waals surface area contributed by atoms with Gasteiger partial charge in [0.1, 0.15) is 5.82 Å². The van der Waals surface area contributed by atoms with E-state index in [0.29, 0.717) is 24.7 Å². The molecule has 1 aromatic heterocycles. The molecule has 0 radical (unpaired) electrons. The van der Waals surface area contributed by atoms with E-state index in [-0.39, 0.29) is 5.95 Å². The Hall–Kier alpha value is -1.43. The van der Waals surface area contributed by atoms with Crippen LogP contribution in [0.15, 0.2) is 0 Å². The zero-order chi connectivity index (χ0) is 8.97. The smallest absolute Gasteiger partial charge is 0.227 e. The summed E-state index contributed by atoms with van der Waals surface area (Å²) >= 11 is 0. The summed E-state index contributed by atoms with van der Waals surface area (Å²) in [4.78, 5) is 11.8. The van der Waals surface area contributed by atoms with Crippen LogP contribution in [0, 0.1) is 0 Å². The first kappa shape index (κ1) is 8.66. The van der Waals surface area contributed by atoms with Crippen molar-refractivity contribution in [3.8, 4) is 0 Å². The lowest BCUT2D eigenvalue weighted by Gasteiger charge is -2.01. The van der Waals surface area contributed by atoms with Gasteiger partial charge in [-0.1, -0.05) is 0 Å². The maximum absolute atomic E-state index is 5.42. The van der Waals surface area contributed by atoms with Crippen LogP contribution in [0.1, 0.15) is 5.82 Å². The molecule has 0 unspecified atom stereocenters. The van der Waals surface area contributed by atoms with Crippen molar-refractivity contribution in [2.45, 2.75) is 6.42 Å². The van der Waals surface area contributed by atoms with Crippen LogP contribution < -0.4 is 16.8 Å². The molecular formula is C6H12N6. The van der Waals surface area contributed by atoms with E-state index in [0.717, 1.165) is 0 Å². The molecule has 0 spiro atoms. The highest BCUT2D eigenvalue weighted by molar-refractivity contribution is 5.29. The fourth-order valence-corrected chi connectivity index (χ4v) is 0.791. The van der Waals surface area contributed by atoms with Gasteiger partial charge in [-0.3, -0.25) is 0 Å². The molecule has 12 heavy (non-hydrogen) atoms. The van der Waals surface area contributed by atoms with Gasteiger partial charge in [-0.05, 0) is 6.54 Å². The molecule has 0 aromatic carbocycles. The van der Waals surface area contributed by atoms with Gasteiger partial charge in [-0.2, -0.15) is 15.0 Å². The third-order valence-electron chi connectivity index (χ3n) is 1.29. The average Bonchev–Trinajstić information content (AvgIpc) is 2.04. The summed E-state index contributed by atoms with van der Waals surface area (Å²) in [7, 11) is 1.72. The number of hydrogen-bond acceptors (Lipinski definition) is 6. The second-order valence-electron chi connectivity index (χ2n) is 2.22. The molecule has 1 rings (SSSR count). The maximum atomic E-state index is 5.42. The van der Waals surface area contributed by atoms with E-state index in [1.807, 2.05) is 0 Å². The SMILES string of the molecule is CNc1nc(N)nc(CCN)n1. The first-order valence-electron chi connectivity index (χ1n) is 3.64. The molecule has 0 amide bonds. The largest absolute Gasteiger partial charge is 0.368 e. The third kappa shape index (κ3) is 2.03. The second kappa shape index (κ2) is 3.82. The second-order valence-corrected chi connectivity index (χ2v) is 2.22. The molecule has 6 nitrogen and oxygen atoms in total. The van der Waals surface area contributed by atoms with E-state index in [4.69, 9.17) is 11.5 Å². The van der Waals surface area contributed by atoms with Crippen LogP contribution >= 0.6 is 0 Å². The van der Waals surface area contributed by atoms with Gasteiger partial charge in [0.25, 0.3) is 0 Å². The monoisotopic (exact) mass is 168 g/mol. The molecule has 0 saturated heterocycles. The molecule has 0 aliphatic carbocycles. The Bertz CT molecular complexity index is 260. The Morgan fingerprint density at radius 1 is 1.33 bits per heavy atom. The minimum absolute atomic E-state index is 0.220. The number of nitrogens with one attached hydrogen (secondary N) is 1. The molecule has 0 aliphatic heterocycles. The summed E-state index contributed by atoms with van der Waals surface area (Å²) in [6.45, 7) is 0.507. The minimum Gasteiger partial charge on any atom is -0.368 e. The van der Waals surface area contributed by atoms with E-state index in [1.165, 1.54) is 0 Å². The Balaban J connectivity index is 2.90. The normalized spacial score (nSPS) is 9.83. The number of nitrogens with zero attached hydrogens (tertiary/aromatic N) is 3. The highest BCUT2D eigenvalue weighted by Gasteiger charge is 2.00. The quantitative estimate of drug-likeness (QED) is 0.534. The molecule has 66 valence electrons. The van der Waals surface area contributed by atoms with Gasteiger partial charge in [0.05, 0.1) is 0 Å². The number of nitrogens with two attached hydrogens (primary N) is 2. The van der Waals surface area contributed by atoms with E-state index in [9.17, 15) is 0 Å². The summed E-state index contributed by atoms with van der Waals surface area (Å²) in [6.07, 6.45) is 0.612. The number of aromatic nitrogens is 3. The molecule has 6 heteroatoms. The average molecular weight is 168 g/mol. The van der Waals surface area contributed by atoms with Crippen LogP contribution in [0.5, 0.6) is 0 Å². The molecule has 0 saturated carbocycles. The summed E-state index contributed by atoms with van der Waals surface area (Å²) in [5.74, 6) is 1.32. The van der Waals surface area contributed by atoms with Crippen molar-refractivity contribution in [1.29, 1.82) is 0 Å². The number of anilines is 2. The molecule has 0 bridgehead atoms. The van der Waals surface area contributed by atoms with E-state index >= 15 is 0 Å². The Morgan fingerprint density at radius 3 is 2.67 bits per heavy atom. The lowest BCUT2D eigenvalue weighted by atomic mass is 10.4. The predicted molar refractivity (Wildman–Crippen MR) is 46.5 cm³/mol. The van der Waals surface area contributed by atoms with E-state index < -0.39 is 0 Å². The molecule has 1 heterocycles. The first-order valence-corrected chi connectivity index (χ1v) is 3.64. The maximum Gasteiger partial charge on any atom is 0.227 e. The molecule has 5 N–H and O–H groups in total. The van der Waals surface area contributed by atoms with Gasteiger partial charge in [-0.15, -0.1) is 0 Å². The number of nitrogen functional groups attached to an aromatic ring is 1. The molecular weight excluding hydrogens is 156 g/mol. The number of rotatable bonds is 3.